The third kappa shape index (κ3) is 4.98. The molecule has 8 heteroatoms. The van der Waals surface area contributed by atoms with Crippen LogP contribution in [0.1, 0.15) is 19.1 Å². The van der Waals surface area contributed by atoms with Crippen LogP contribution in [-0.4, -0.2) is 29.8 Å². The van der Waals surface area contributed by atoms with E-state index >= 15 is 0 Å². The van der Waals surface area contributed by atoms with Crippen molar-refractivity contribution in [2.75, 3.05) is 18.4 Å². The fourth-order valence-electron chi connectivity index (χ4n) is 2.17. The zero-order chi connectivity index (χ0) is 19.1. The Morgan fingerprint density at radius 1 is 1.19 bits per heavy atom. The van der Waals surface area contributed by atoms with Gasteiger partial charge in [0.05, 0.1) is 12.0 Å². The molecule has 0 unspecified atom stereocenters. The molecule has 0 aliphatic rings. The molecule has 0 bridgehead atoms. The molecule has 1 N–H and O–H groups in total. The molecule has 1 heterocycles. The van der Waals surface area contributed by atoms with Gasteiger partial charge in [-0.25, -0.2) is 13.2 Å². The van der Waals surface area contributed by atoms with E-state index in [1.165, 1.54) is 23.3 Å². The Balaban J connectivity index is 2.03. The molecule has 2 amide bonds. The molecule has 1 aromatic carbocycles. The number of rotatable bonds is 7. The van der Waals surface area contributed by atoms with Crippen molar-refractivity contribution in [3.05, 3.63) is 59.8 Å². The van der Waals surface area contributed by atoms with E-state index in [4.69, 9.17) is 4.42 Å². The Morgan fingerprint density at radius 3 is 2.62 bits per heavy atom. The van der Waals surface area contributed by atoms with E-state index in [-0.39, 0.29) is 13.1 Å². The lowest BCUT2D eigenvalue weighted by atomic mass is 10.2. The molecule has 0 spiro atoms. The van der Waals surface area contributed by atoms with Crippen molar-refractivity contribution in [2.24, 2.45) is 0 Å². The molecule has 0 atom stereocenters. The molecule has 5 nitrogen and oxygen atoms in total. The van der Waals surface area contributed by atoms with Crippen LogP contribution in [0.4, 0.5) is 18.9 Å². The summed E-state index contributed by atoms with van der Waals surface area (Å²) in [6.45, 7) is 1.74. The number of halogens is 3. The number of anilines is 1. The first-order valence-corrected chi connectivity index (χ1v) is 7.86. The van der Waals surface area contributed by atoms with E-state index in [9.17, 15) is 22.8 Å². The van der Waals surface area contributed by atoms with Gasteiger partial charge in [0.1, 0.15) is 12.3 Å². The topological polar surface area (TPSA) is 62.6 Å². The van der Waals surface area contributed by atoms with Crippen molar-refractivity contribution in [3.63, 3.8) is 0 Å². The van der Waals surface area contributed by atoms with Crippen molar-refractivity contribution < 1.29 is 27.2 Å². The maximum absolute atomic E-state index is 13.6. The second-order valence-electron chi connectivity index (χ2n) is 5.38. The Labute approximate surface area is 148 Å². The van der Waals surface area contributed by atoms with E-state index in [0.717, 1.165) is 6.07 Å². The van der Waals surface area contributed by atoms with Crippen LogP contribution in [0.15, 0.2) is 41.0 Å². The lowest BCUT2D eigenvalue weighted by molar-refractivity contribution is -0.130. The monoisotopic (exact) mass is 366 g/mol. The Hall–Kier alpha value is -3.03. The van der Waals surface area contributed by atoms with Crippen LogP contribution in [0, 0.1) is 17.5 Å². The molecule has 0 aliphatic carbocycles. The maximum Gasteiger partial charge on any atom is 0.247 e. The number of hydrogen-bond acceptors (Lipinski definition) is 3. The normalized spacial score (nSPS) is 10.9. The van der Waals surface area contributed by atoms with Crippen molar-refractivity contribution in [1.82, 2.24) is 4.90 Å². The first-order valence-electron chi connectivity index (χ1n) is 7.86. The van der Waals surface area contributed by atoms with Crippen LogP contribution in [0.2, 0.25) is 0 Å². The quantitative estimate of drug-likeness (QED) is 0.602. The molecule has 1 aromatic heterocycles. The van der Waals surface area contributed by atoms with Crippen LogP contribution >= 0.6 is 0 Å². The summed E-state index contributed by atoms with van der Waals surface area (Å²) in [4.78, 5) is 25.5. The minimum absolute atomic E-state index is 0.287. The summed E-state index contributed by atoms with van der Waals surface area (Å²) in [6, 6.07) is 4.94. The first-order chi connectivity index (χ1) is 12.4. The number of benzene rings is 1. The number of amides is 2. The average Bonchev–Trinajstić information content (AvgIpc) is 3.13. The summed E-state index contributed by atoms with van der Waals surface area (Å²) in [5.41, 5.74) is -0.496. The zero-order valence-corrected chi connectivity index (χ0v) is 14.0. The van der Waals surface area contributed by atoms with Crippen molar-refractivity contribution >= 4 is 23.6 Å². The minimum atomic E-state index is -1.68. The van der Waals surface area contributed by atoms with Crippen LogP contribution in [0.5, 0.6) is 0 Å². The van der Waals surface area contributed by atoms with Gasteiger partial charge in [0.15, 0.2) is 17.5 Å². The first kappa shape index (κ1) is 19.3. The van der Waals surface area contributed by atoms with Crippen molar-refractivity contribution in [1.29, 1.82) is 0 Å². The molecular weight excluding hydrogens is 349 g/mol. The van der Waals surface area contributed by atoms with E-state index in [1.54, 1.807) is 12.1 Å². The van der Waals surface area contributed by atoms with E-state index in [0.29, 0.717) is 18.2 Å². The highest BCUT2D eigenvalue weighted by Crippen LogP contribution is 2.19. The van der Waals surface area contributed by atoms with Crippen LogP contribution < -0.4 is 5.32 Å². The Bertz CT molecular complexity index is 804. The van der Waals surface area contributed by atoms with Gasteiger partial charge in [-0.1, -0.05) is 6.92 Å². The molecule has 0 fully saturated rings. The van der Waals surface area contributed by atoms with Gasteiger partial charge >= 0.3 is 0 Å². The largest absolute Gasteiger partial charge is 0.465 e. The molecule has 0 aliphatic heterocycles. The van der Waals surface area contributed by atoms with Crippen LogP contribution in [0.3, 0.4) is 0 Å². The molecule has 0 saturated heterocycles. The third-order valence-corrected chi connectivity index (χ3v) is 3.38. The smallest absolute Gasteiger partial charge is 0.247 e. The van der Waals surface area contributed by atoms with Gasteiger partial charge in [-0.15, -0.1) is 0 Å². The highest BCUT2D eigenvalue weighted by Gasteiger charge is 2.18. The summed E-state index contributed by atoms with van der Waals surface area (Å²) in [6.07, 6.45) is 4.75. The molecule has 0 saturated carbocycles. The van der Waals surface area contributed by atoms with E-state index in [2.05, 4.69) is 5.32 Å². The highest BCUT2D eigenvalue weighted by atomic mass is 19.2. The average molecular weight is 366 g/mol. The lowest BCUT2D eigenvalue weighted by Gasteiger charge is -2.20. The fraction of sp³-hybridized carbons (Fsp3) is 0.222. The van der Waals surface area contributed by atoms with Gasteiger partial charge in [-0.2, -0.15) is 0 Å². The molecule has 0 radical (unpaired) electrons. The number of furan rings is 1. The second kappa shape index (κ2) is 8.89. The fourth-order valence-corrected chi connectivity index (χ4v) is 2.17. The molecular formula is C18H17F3N2O3. The summed E-state index contributed by atoms with van der Waals surface area (Å²) in [5, 5.41) is 2.13. The van der Waals surface area contributed by atoms with Gasteiger partial charge in [0.2, 0.25) is 11.8 Å². The second-order valence-corrected chi connectivity index (χ2v) is 5.38. The predicted octanol–water partition coefficient (Wildman–Crippen LogP) is 3.59. The highest BCUT2D eigenvalue weighted by molar-refractivity contribution is 5.98. The summed E-state index contributed by atoms with van der Waals surface area (Å²) in [5.74, 6) is -5.23. The minimum Gasteiger partial charge on any atom is -0.465 e. The van der Waals surface area contributed by atoms with Gasteiger partial charge in [0, 0.05) is 12.6 Å². The number of carbonyl (C=O) groups excluding carboxylic acids is 2. The number of carbonyl (C=O) groups is 2. The van der Waals surface area contributed by atoms with Gasteiger partial charge in [-0.3, -0.25) is 9.59 Å². The van der Waals surface area contributed by atoms with Crippen LogP contribution in [-0.2, 0) is 9.59 Å². The van der Waals surface area contributed by atoms with E-state index in [1.807, 2.05) is 6.92 Å². The maximum atomic E-state index is 13.6. The molecule has 2 aromatic rings. The number of hydrogen-bond donors (Lipinski definition) is 1. The van der Waals surface area contributed by atoms with Crippen molar-refractivity contribution in [3.8, 4) is 0 Å². The van der Waals surface area contributed by atoms with E-state index < -0.39 is 35.0 Å². The summed E-state index contributed by atoms with van der Waals surface area (Å²) in [7, 11) is 0. The van der Waals surface area contributed by atoms with Gasteiger partial charge in [-0.05, 0) is 36.8 Å². The lowest BCUT2D eigenvalue weighted by Crippen LogP contribution is -2.37. The number of nitrogens with one attached hydrogen (secondary N) is 1. The zero-order valence-electron chi connectivity index (χ0n) is 14.0. The molecule has 26 heavy (non-hydrogen) atoms. The predicted molar refractivity (Wildman–Crippen MR) is 89.6 cm³/mol. The SMILES string of the molecule is CCCN(CC(=O)Nc1ccc(F)c(F)c1F)C(=O)/C=C/c1ccco1. The Morgan fingerprint density at radius 2 is 1.96 bits per heavy atom. The third-order valence-electron chi connectivity index (χ3n) is 3.38. The summed E-state index contributed by atoms with van der Waals surface area (Å²) >= 11 is 0. The Kier molecular flexibility index (Phi) is 6.60. The number of nitrogens with zero attached hydrogens (tertiary/aromatic N) is 1. The van der Waals surface area contributed by atoms with Gasteiger partial charge < -0.3 is 14.6 Å². The summed E-state index contributed by atoms with van der Waals surface area (Å²) < 4.78 is 44.8. The molecule has 2 rings (SSSR count). The molecule has 138 valence electrons. The van der Waals surface area contributed by atoms with Crippen LogP contribution in [0.25, 0.3) is 6.08 Å². The standard InChI is InChI=1S/C18H17F3N2O3/c1-2-9-23(16(25)8-5-12-4-3-10-26-12)11-15(24)22-14-7-6-13(19)17(20)18(14)21/h3-8,10H,2,9,11H2,1H3,(H,22,24)/b8-5+. The van der Waals surface area contributed by atoms with Gasteiger partial charge in [0.25, 0.3) is 0 Å². The van der Waals surface area contributed by atoms with Crippen molar-refractivity contribution in [2.45, 2.75) is 13.3 Å².